The van der Waals surface area contributed by atoms with Crippen molar-refractivity contribution in [3.05, 3.63) is 64.5 Å². The van der Waals surface area contributed by atoms with Crippen LogP contribution in [0.15, 0.2) is 48.8 Å². The summed E-state index contributed by atoms with van der Waals surface area (Å²) >= 11 is 0. The van der Waals surface area contributed by atoms with Gasteiger partial charge >= 0.3 is 0 Å². The van der Waals surface area contributed by atoms with Gasteiger partial charge in [-0.1, -0.05) is 18.2 Å². The van der Waals surface area contributed by atoms with Crippen LogP contribution in [-0.2, 0) is 6.54 Å². The van der Waals surface area contributed by atoms with E-state index in [0.717, 1.165) is 16.8 Å². The molecule has 1 aromatic heterocycles. The standard InChI is InChI=1S/C15H13N3O3/c1-21-12-7-5-11(6-8-12)9-17-10-16-15-13(17)3-2-4-14(15)18(19)20/h2-8,10H,9H2,1H3. The van der Waals surface area contributed by atoms with E-state index < -0.39 is 4.92 Å². The van der Waals surface area contributed by atoms with Gasteiger partial charge in [-0.3, -0.25) is 10.1 Å². The molecule has 0 fully saturated rings. The number of rotatable bonds is 4. The first kappa shape index (κ1) is 13.1. The van der Waals surface area contributed by atoms with Gasteiger partial charge in [-0.05, 0) is 23.8 Å². The first-order chi connectivity index (χ1) is 10.2. The fourth-order valence-electron chi connectivity index (χ4n) is 2.27. The molecule has 0 aliphatic heterocycles. The summed E-state index contributed by atoms with van der Waals surface area (Å²) in [4.78, 5) is 14.8. The molecule has 0 aliphatic rings. The van der Waals surface area contributed by atoms with Gasteiger partial charge in [0.1, 0.15) is 5.75 Å². The van der Waals surface area contributed by atoms with Crippen LogP contribution in [0.2, 0.25) is 0 Å². The Hall–Kier alpha value is -2.89. The largest absolute Gasteiger partial charge is 0.497 e. The number of hydrogen-bond donors (Lipinski definition) is 0. The summed E-state index contributed by atoms with van der Waals surface area (Å²) in [6.07, 6.45) is 1.63. The number of nitrogens with zero attached hydrogens (tertiary/aromatic N) is 3. The minimum atomic E-state index is -0.410. The van der Waals surface area contributed by atoms with Crippen LogP contribution in [0.4, 0.5) is 5.69 Å². The van der Waals surface area contributed by atoms with Crippen molar-refractivity contribution in [3.8, 4) is 5.75 Å². The average Bonchev–Trinajstić information content (AvgIpc) is 2.91. The van der Waals surface area contributed by atoms with Crippen molar-refractivity contribution < 1.29 is 9.66 Å². The van der Waals surface area contributed by atoms with Gasteiger partial charge in [-0.25, -0.2) is 4.98 Å². The van der Waals surface area contributed by atoms with E-state index in [4.69, 9.17) is 4.74 Å². The number of nitro benzene ring substituents is 1. The lowest BCUT2D eigenvalue weighted by Gasteiger charge is -2.06. The van der Waals surface area contributed by atoms with E-state index >= 15 is 0 Å². The lowest BCUT2D eigenvalue weighted by atomic mass is 10.2. The van der Waals surface area contributed by atoms with Gasteiger partial charge in [0.05, 0.1) is 23.9 Å². The summed E-state index contributed by atoms with van der Waals surface area (Å²) in [5.74, 6) is 0.796. The number of ether oxygens (including phenoxy) is 1. The Bertz CT molecular complexity index is 794. The molecular formula is C15H13N3O3. The zero-order valence-electron chi connectivity index (χ0n) is 11.4. The molecule has 3 aromatic rings. The van der Waals surface area contributed by atoms with E-state index in [1.807, 2.05) is 34.9 Å². The maximum absolute atomic E-state index is 11.0. The Balaban J connectivity index is 1.97. The number of aromatic nitrogens is 2. The van der Waals surface area contributed by atoms with Crippen molar-refractivity contribution in [2.75, 3.05) is 7.11 Å². The van der Waals surface area contributed by atoms with Gasteiger partial charge < -0.3 is 9.30 Å². The second kappa shape index (κ2) is 5.24. The fourth-order valence-corrected chi connectivity index (χ4v) is 2.27. The maximum atomic E-state index is 11.0. The highest BCUT2D eigenvalue weighted by Gasteiger charge is 2.15. The number of para-hydroxylation sites is 1. The molecule has 0 radical (unpaired) electrons. The lowest BCUT2D eigenvalue weighted by molar-refractivity contribution is -0.383. The van der Waals surface area contributed by atoms with Crippen LogP contribution < -0.4 is 4.74 Å². The fraction of sp³-hybridized carbons (Fsp3) is 0.133. The summed E-state index contributed by atoms with van der Waals surface area (Å²) in [6, 6.07) is 12.7. The SMILES string of the molecule is COc1ccc(Cn2cnc3c([N+](=O)[O-])cccc32)cc1. The normalized spacial score (nSPS) is 10.7. The molecule has 6 heteroatoms. The van der Waals surface area contributed by atoms with Crippen LogP contribution in [0.1, 0.15) is 5.56 Å². The molecule has 0 N–H and O–H groups in total. The molecule has 0 amide bonds. The molecule has 106 valence electrons. The summed E-state index contributed by atoms with van der Waals surface area (Å²) in [5, 5.41) is 11.0. The third kappa shape index (κ3) is 2.43. The highest BCUT2D eigenvalue weighted by molar-refractivity contribution is 5.84. The number of non-ortho nitro benzene ring substituents is 1. The number of methoxy groups -OCH3 is 1. The predicted molar refractivity (Wildman–Crippen MR) is 78.5 cm³/mol. The minimum Gasteiger partial charge on any atom is -0.497 e. The van der Waals surface area contributed by atoms with Crippen molar-refractivity contribution >= 4 is 16.7 Å². The molecule has 0 atom stereocenters. The van der Waals surface area contributed by atoms with Crippen LogP contribution in [0, 0.1) is 10.1 Å². The highest BCUT2D eigenvalue weighted by Crippen LogP contribution is 2.24. The molecule has 0 bridgehead atoms. The minimum absolute atomic E-state index is 0.0287. The van der Waals surface area contributed by atoms with Crippen molar-refractivity contribution in [1.82, 2.24) is 9.55 Å². The zero-order chi connectivity index (χ0) is 14.8. The Morgan fingerprint density at radius 3 is 2.67 bits per heavy atom. The molecular weight excluding hydrogens is 270 g/mol. The second-order valence-corrected chi connectivity index (χ2v) is 4.62. The Kier molecular flexibility index (Phi) is 3.27. The van der Waals surface area contributed by atoms with E-state index in [1.54, 1.807) is 19.5 Å². The van der Waals surface area contributed by atoms with Gasteiger partial charge in [0.25, 0.3) is 5.69 Å². The summed E-state index contributed by atoms with van der Waals surface area (Å²) in [7, 11) is 1.62. The van der Waals surface area contributed by atoms with E-state index in [1.165, 1.54) is 6.07 Å². The second-order valence-electron chi connectivity index (χ2n) is 4.62. The van der Waals surface area contributed by atoms with Crippen molar-refractivity contribution in [3.63, 3.8) is 0 Å². The zero-order valence-corrected chi connectivity index (χ0v) is 11.4. The Morgan fingerprint density at radius 2 is 2.00 bits per heavy atom. The third-order valence-electron chi connectivity index (χ3n) is 3.34. The van der Waals surface area contributed by atoms with Crippen LogP contribution in [0.25, 0.3) is 11.0 Å². The third-order valence-corrected chi connectivity index (χ3v) is 3.34. The van der Waals surface area contributed by atoms with Gasteiger partial charge in [-0.2, -0.15) is 0 Å². The number of benzene rings is 2. The molecule has 6 nitrogen and oxygen atoms in total. The topological polar surface area (TPSA) is 70.2 Å². The van der Waals surface area contributed by atoms with Crippen molar-refractivity contribution in [2.45, 2.75) is 6.54 Å². The lowest BCUT2D eigenvalue weighted by Crippen LogP contribution is -1.98. The Labute approximate surface area is 120 Å². The number of fused-ring (bicyclic) bond motifs is 1. The molecule has 1 heterocycles. The summed E-state index contributed by atoms with van der Waals surface area (Å²) in [6.45, 7) is 0.599. The van der Waals surface area contributed by atoms with E-state index in [9.17, 15) is 10.1 Å². The van der Waals surface area contributed by atoms with Crippen molar-refractivity contribution in [1.29, 1.82) is 0 Å². The smallest absolute Gasteiger partial charge is 0.297 e. The van der Waals surface area contributed by atoms with Crippen LogP contribution in [0.5, 0.6) is 5.75 Å². The predicted octanol–water partition coefficient (Wildman–Crippen LogP) is 3.00. The quantitative estimate of drug-likeness (QED) is 0.545. The van der Waals surface area contributed by atoms with Crippen LogP contribution in [-0.4, -0.2) is 21.6 Å². The van der Waals surface area contributed by atoms with E-state index in [0.29, 0.717) is 12.1 Å². The monoisotopic (exact) mass is 283 g/mol. The molecule has 0 unspecified atom stereocenters. The van der Waals surface area contributed by atoms with Crippen LogP contribution >= 0.6 is 0 Å². The number of imidazole rings is 1. The molecule has 3 rings (SSSR count). The molecule has 0 saturated heterocycles. The molecule has 0 saturated carbocycles. The van der Waals surface area contributed by atoms with E-state index in [-0.39, 0.29) is 5.69 Å². The number of nitro groups is 1. The van der Waals surface area contributed by atoms with Crippen LogP contribution in [0.3, 0.4) is 0 Å². The first-order valence-electron chi connectivity index (χ1n) is 6.40. The van der Waals surface area contributed by atoms with Gasteiger partial charge in [-0.15, -0.1) is 0 Å². The highest BCUT2D eigenvalue weighted by atomic mass is 16.6. The molecule has 2 aromatic carbocycles. The number of hydrogen-bond acceptors (Lipinski definition) is 4. The van der Waals surface area contributed by atoms with Gasteiger partial charge in [0, 0.05) is 12.6 Å². The first-order valence-corrected chi connectivity index (χ1v) is 6.40. The maximum Gasteiger partial charge on any atom is 0.297 e. The summed E-state index contributed by atoms with van der Waals surface area (Å²) in [5.41, 5.74) is 2.26. The summed E-state index contributed by atoms with van der Waals surface area (Å²) < 4.78 is 7.02. The molecule has 0 aliphatic carbocycles. The van der Waals surface area contributed by atoms with Gasteiger partial charge in [0.15, 0.2) is 5.52 Å². The molecule has 0 spiro atoms. The molecule has 21 heavy (non-hydrogen) atoms. The van der Waals surface area contributed by atoms with Gasteiger partial charge in [0.2, 0.25) is 0 Å². The van der Waals surface area contributed by atoms with E-state index in [2.05, 4.69) is 4.98 Å². The van der Waals surface area contributed by atoms with Crippen molar-refractivity contribution in [2.24, 2.45) is 0 Å². The Morgan fingerprint density at radius 1 is 1.24 bits per heavy atom. The average molecular weight is 283 g/mol.